The molecule has 1 heterocycles. The number of hydrogen-bond acceptors (Lipinski definition) is 6. The van der Waals surface area contributed by atoms with Crippen molar-refractivity contribution in [3.63, 3.8) is 0 Å². The highest BCUT2D eigenvalue weighted by molar-refractivity contribution is 6.06. The van der Waals surface area contributed by atoms with Crippen molar-refractivity contribution < 1.29 is 28.7 Å². The largest absolute Gasteiger partial charge is 0.497 e. The maximum atomic E-state index is 12.9. The highest BCUT2D eigenvalue weighted by Gasteiger charge is 2.66. The van der Waals surface area contributed by atoms with E-state index in [4.69, 9.17) is 9.47 Å². The number of imide groups is 1. The standard InChI is InChI=1S/C26H29NO6/c1-32-16-8-6-15(7-9-16)21(28)14-33-22(29)5-3-2-4-12-27-25(30)23-17-10-11-18(20-13-19(17)20)24(23)26(27)31/h6-11,17-20,23-24H,2-5,12-14H2,1H3/t17-,18-,19-,20+,23+,24+/m0/s1. The number of nitrogens with zero attached hydrogens (tertiary/aromatic N) is 1. The van der Waals surface area contributed by atoms with Crippen LogP contribution in [0.5, 0.6) is 5.75 Å². The van der Waals surface area contributed by atoms with Gasteiger partial charge in [-0.3, -0.25) is 24.1 Å². The summed E-state index contributed by atoms with van der Waals surface area (Å²) in [6.07, 6.45) is 7.71. The van der Waals surface area contributed by atoms with Crippen LogP contribution in [0.1, 0.15) is 42.5 Å². The molecule has 0 unspecified atom stereocenters. The van der Waals surface area contributed by atoms with Crippen LogP contribution in [0.25, 0.3) is 0 Å². The maximum Gasteiger partial charge on any atom is 0.306 e. The van der Waals surface area contributed by atoms with E-state index in [1.54, 1.807) is 31.4 Å². The molecule has 0 radical (unpaired) electrons. The van der Waals surface area contributed by atoms with Crippen LogP contribution in [0.3, 0.4) is 0 Å². The van der Waals surface area contributed by atoms with Crippen LogP contribution in [0, 0.1) is 35.5 Å². The number of ether oxygens (including phenoxy) is 2. The molecule has 1 aliphatic heterocycles. The Balaban J connectivity index is 1.01. The quantitative estimate of drug-likeness (QED) is 0.179. The highest BCUT2D eigenvalue weighted by atomic mass is 16.5. The molecule has 2 saturated carbocycles. The van der Waals surface area contributed by atoms with Crippen LogP contribution in [0.4, 0.5) is 0 Å². The number of ketones is 1. The molecule has 1 saturated heterocycles. The lowest BCUT2D eigenvalue weighted by molar-refractivity contribution is -0.143. The second-order valence-electron chi connectivity index (χ2n) is 9.61. The molecule has 0 aromatic heterocycles. The number of allylic oxidation sites excluding steroid dienone is 2. The first kappa shape index (κ1) is 21.9. The third kappa shape index (κ3) is 3.98. The molecule has 1 aromatic rings. The number of carbonyl (C=O) groups is 4. The normalized spacial score (nSPS) is 30.8. The van der Waals surface area contributed by atoms with E-state index in [0.717, 1.165) is 6.42 Å². The van der Waals surface area contributed by atoms with Gasteiger partial charge < -0.3 is 9.47 Å². The molecule has 2 amide bonds. The Kier molecular flexibility index (Phi) is 5.81. The second kappa shape index (κ2) is 8.76. The Morgan fingerprint density at radius 1 is 0.939 bits per heavy atom. The number of rotatable bonds is 10. The maximum absolute atomic E-state index is 12.9. The monoisotopic (exact) mass is 451 g/mol. The third-order valence-corrected chi connectivity index (χ3v) is 7.79. The lowest BCUT2D eigenvalue weighted by Crippen LogP contribution is -2.40. The fraction of sp³-hybridized carbons (Fsp3) is 0.538. The Bertz CT molecular complexity index is 963. The van der Waals surface area contributed by atoms with Crippen LogP contribution in [0.15, 0.2) is 36.4 Å². The molecule has 0 N–H and O–H groups in total. The minimum atomic E-state index is -0.418. The summed E-state index contributed by atoms with van der Waals surface area (Å²) in [5.41, 5.74) is 0.463. The Morgan fingerprint density at radius 2 is 1.58 bits per heavy atom. The van der Waals surface area contributed by atoms with Crippen LogP contribution < -0.4 is 4.74 Å². The van der Waals surface area contributed by atoms with Gasteiger partial charge in [0.05, 0.1) is 18.9 Å². The van der Waals surface area contributed by atoms with Crippen LogP contribution in [-0.2, 0) is 19.1 Å². The summed E-state index contributed by atoms with van der Waals surface area (Å²) in [6.45, 7) is 0.132. The summed E-state index contributed by atoms with van der Waals surface area (Å²) in [5, 5.41) is 0. The zero-order valence-corrected chi connectivity index (χ0v) is 18.8. The molecule has 6 rings (SSSR count). The fourth-order valence-corrected chi connectivity index (χ4v) is 6.03. The number of unbranched alkanes of at least 4 members (excludes halogenated alkanes) is 2. The smallest absolute Gasteiger partial charge is 0.306 e. The molecule has 1 aromatic carbocycles. The first-order chi connectivity index (χ1) is 16.0. The molecule has 174 valence electrons. The van der Waals surface area contributed by atoms with Crippen molar-refractivity contribution in [2.75, 3.05) is 20.3 Å². The number of esters is 1. The van der Waals surface area contributed by atoms with Gasteiger partial charge in [0.15, 0.2) is 12.4 Å². The molecule has 4 aliphatic carbocycles. The molecular weight excluding hydrogens is 422 g/mol. The van der Waals surface area contributed by atoms with Gasteiger partial charge in [0.2, 0.25) is 11.8 Å². The van der Waals surface area contributed by atoms with Crippen molar-refractivity contribution in [3.8, 4) is 5.75 Å². The van der Waals surface area contributed by atoms with Crippen molar-refractivity contribution in [2.45, 2.75) is 32.1 Å². The number of Topliss-reactive ketones (excluding diaryl/α,β-unsaturated/α-hetero) is 1. The molecular formula is C26H29NO6. The topological polar surface area (TPSA) is 90.0 Å². The van der Waals surface area contributed by atoms with Gasteiger partial charge in [-0.1, -0.05) is 18.6 Å². The average molecular weight is 452 g/mol. The minimum absolute atomic E-state index is 0.00570. The zero-order chi connectivity index (χ0) is 23.1. The molecule has 6 atom stereocenters. The predicted octanol–water partition coefficient (Wildman–Crippen LogP) is 3.03. The van der Waals surface area contributed by atoms with E-state index in [2.05, 4.69) is 12.2 Å². The summed E-state index contributed by atoms with van der Waals surface area (Å²) in [6, 6.07) is 6.64. The molecule has 0 spiro atoms. The number of likely N-dealkylation sites (tertiary alicyclic amines) is 1. The number of hydrogen-bond donors (Lipinski definition) is 0. The number of amides is 2. The first-order valence-corrected chi connectivity index (χ1v) is 11.9. The van der Waals surface area contributed by atoms with E-state index < -0.39 is 5.97 Å². The minimum Gasteiger partial charge on any atom is -0.497 e. The third-order valence-electron chi connectivity index (χ3n) is 7.79. The number of methoxy groups -OCH3 is 1. The highest BCUT2D eigenvalue weighted by Crippen LogP contribution is 2.65. The van der Waals surface area contributed by atoms with Gasteiger partial charge in [0.25, 0.3) is 0 Å². The first-order valence-electron chi connectivity index (χ1n) is 11.9. The molecule has 7 nitrogen and oxygen atoms in total. The van der Waals surface area contributed by atoms with Crippen molar-refractivity contribution in [3.05, 3.63) is 42.0 Å². The predicted molar refractivity (Wildman–Crippen MR) is 118 cm³/mol. The Labute approximate surface area is 193 Å². The Hall–Kier alpha value is -2.96. The van der Waals surface area contributed by atoms with Crippen molar-refractivity contribution in [2.24, 2.45) is 35.5 Å². The SMILES string of the molecule is COc1ccc(C(=O)COC(=O)CCCCCN2C(=O)[C@@H]3[C@H]4C=C[C@@H]([C@@H]5C[C@H]45)[C@H]3C2=O)cc1. The van der Waals surface area contributed by atoms with E-state index in [1.807, 2.05) is 0 Å². The van der Waals surface area contributed by atoms with Crippen LogP contribution >= 0.6 is 0 Å². The van der Waals surface area contributed by atoms with Gasteiger partial charge in [-0.25, -0.2) is 0 Å². The molecule has 5 aliphatic rings. The van der Waals surface area contributed by atoms with E-state index in [0.29, 0.717) is 49.0 Å². The second-order valence-corrected chi connectivity index (χ2v) is 9.61. The van der Waals surface area contributed by atoms with E-state index in [1.165, 1.54) is 4.90 Å². The number of carbonyl (C=O) groups excluding carboxylic acids is 4. The van der Waals surface area contributed by atoms with Crippen molar-refractivity contribution in [1.82, 2.24) is 4.90 Å². The molecule has 33 heavy (non-hydrogen) atoms. The van der Waals surface area contributed by atoms with Gasteiger partial charge in [0.1, 0.15) is 5.75 Å². The van der Waals surface area contributed by atoms with Gasteiger partial charge in [-0.2, -0.15) is 0 Å². The Morgan fingerprint density at radius 3 is 2.18 bits per heavy atom. The van der Waals surface area contributed by atoms with Gasteiger partial charge in [0, 0.05) is 18.5 Å². The van der Waals surface area contributed by atoms with Gasteiger partial charge in [-0.15, -0.1) is 0 Å². The number of benzene rings is 1. The van der Waals surface area contributed by atoms with Gasteiger partial charge in [-0.05, 0) is 67.2 Å². The van der Waals surface area contributed by atoms with Crippen LogP contribution in [0.2, 0.25) is 0 Å². The summed E-state index contributed by atoms with van der Waals surface area (Å²) in [4.78, 5) is 51.4. The summed E-state index contributed by atoms with van der Waals surface area (Å²) < 4.78 is 10.2. The van der Waals surface area contributed by atoms with Crippen molar-refractivity contribution in [1.29, 1.82) is 0 Å². The summed E-state index contributed by atoms with van der Waals surface area (Å²) in [7, 11) is 1.55. The summed E-state index contributed by atoms with van der Waals surface area (Å²) >= 11 is 0. The van der Waals surface area contributed by atoms with E-state index in [-0.39, 0.29) is 54.3 Å². The molecule has 2 bridgehead atoms. The summed E-state index contributed by atoms with van der Waals surface area (Å²) in [5.74, 6) is 1.42. The molecule has 7 heteroatoms. The van der Waals surface area contributed by atoms with Gasteiger partial charge >= 0.3 is 5.97 Å². The average Bonchev–Trinajstić information content (AvgIpc) is 3.62. The molecule has 3 fully saturated rings. The van der Waals surface area contributed by atoms with Crippen molar-refractivity contribution >= 4 is 23.6 Å². The lowest BCUT2D eigenvalue weighted by Gasteiger charge is -2.37. The van der Waals surface area contributed by atoms with E-state index >= 15 is 0 Å². The van der Waals surface area contributed by atoms with E-state index in [9.17, 15) is 19.2 Å². The zero-order valence-electron chi connectivity index (χ0n) is 18.8. The lowest BCUT2D eigenvalue weighted by atomic mass is 9.63. The fourth-order valence-electron chi connectivity index (χ4n) is 6.03. The van der Waals surface area contributed by atoms with Crippen LogP contribution in [-0.4, -0.2) is 48.7 Å².